The van der Waals surface area contributed by atoms with Crippen molar-refractivity contribution in [2.45, 2.75) is 26.2 Å². The van der Waals surface area contributed by atoms with Crippen LogP contribution in [0.25, 0.3) is 0 Å². The summed E-state index contributed by atoms with van der Waals surface area (Å²) >= 11 is 14.1. The maximum atomic E-state index is 12.8. The number of hydrogen-bond donors (Lipinski definition) is 2. The van der Waals surface area contributed by atoms with Gasteiger partial charge in [0.05, 0.1) is 10.7 Å². The van der Waals surface area contributed by atoms with Gasteiger partial charge in [0.25, 0.3) is 11.8 Å². The molecule has 1 aliphatic rings. The number of hydrogen-bond acceptors (Lipinski definition) is 5. The number of anilines is 1. The van der Waals surface area contributed by atoms with E-state index in [4.69, 9.17) is 32.4 Å². The molecule has 0 atom stereocenters. The predicted molar refractivity (Wildman–Crippen MR) is 140 cm³/mol. The van der Waals surface area contributed by atoms with Crippen LogP contribution in [-0.4, -0.2) is 24.1 Å². The number of nitrogens with one attached hydrogen (secondary N) is 2. The quantitative estimate of drug-likeness (QED) is 0.265. The maximum Gasteiger partial charge on any atom is 0.291 e. The second-order valence-electron chi connectivity index (χ2n) is 7.63. The number of nitrogens with zero attached hydrogens (tertiary/aromatic N) is 1. The van der Waals surface area contributed by atoms with E-state index >= 15 is 0 Å². The van der Waals surface area contributed by atoms with Crippen LogP contribution >= 0.6 is 45.8 Å². The Morgan fingerprint density at radius 1 is 1.15 bits per heavy atom. The van der Waals surface area contributed by atoms with Crippen LogP contribution in [-0.2, 0) is 11.2 Å². The summed E-state index contributed by atoms with van der Waals surface area (Å²) in [4.78, 5) is 25.1. The number of hydrazone groups is 1. The molecule has 2 N–H and O–H groups in total. The van der Waals surface area contributed by atoms with E-state index in [1.807, 2.05) is 31.2 Å². The summed E-state index contributed by atoms with van der Waals surface area (Å²) in [6.45, 7) is 1.55. The van der Waals surface area contributed by atoms with Crippen molar-refractivity contribution in [2.24, 2.45) is 5.10 Å². The monoisotopic (exact) mass is 611 g/mol. The molecule has 1 heterocycles. The largest absolute Gasteiger partial charge is 0.482 e. The van der Waals surface area contributed by atoms with E-state index in [-0.39, 0.29) is 18.3 Å². The number of ether oxygens (including phenoxy) is 1. The summed E-state index contributed by atoms with van der Waals surface area (Å²) in [6.07, 6.45) is 2.14. The summed E-state index contributed by atoms with van der Waals surface area (Å²) in [5.74, 6) is 0.510. The number of amides is 2. The lowest BCUT2D eigenvalue weighted by atomic mass is 9.93. The van der Waals surface area contributed by atoms with Crippen molar-refractivity contribution in [3.8, 4) is 5.75 Å². The fourth-order valence-corrected chi connectivity index (χ4v) is 4.44. The molecule has 3 aromatic rings. The van der Waals surface area contributed by atoms with Gasteiger partial charge in [-0.05, 0) is 84.8 Å². The first-order chi connectivity index (χ1) is 16.3. The molecule has 1 aromatic heterocycles. The van der Waals surface area contributed by atoms with E-state index in [9.17, 15) is 9.59 Å². The maximum absolute atomic E-state index is 12.8. The molecule has 0 bridgehead atoms. The normalized spacial score (nSPS) is 13.9. The zero-order chi connectivity index (χ0) is 24.2. The molecule has 0 radical (unpaired) electrons. The van der Waals surface area contributed by atoms with Crippen LogP contribution < -0.4 is 15.5 Å². The number of carbonyl (C=O) groups excluding carboxylic acids is 2. The van der Waals surface area contributed by atoms with Crippen molar-refractivity contribution < 1.29 is 18.7 Å². The van der Waals surface area contributed by atoms with Crippen LogP contribution in [0.15, 0.2) is 52.0 Å². The molecule has 7 nitrogen and oxygen atoms in total. The van der Waals surface area contributed by atoms with Gasteiger partial charge in [-0.1, -0.05) is 23.2 Å². The fraction of sp³-hybridized carbons (Fsp3) is 0.208. The van der Waals surface area contributed by atoms with Gasteiger partial charge in [0.1, 0.15) is 11.5 Å². The van der Waals surface area contributed by atoms with E-state index in [1.54, 1.807) is 12.1 Å². The first-order valence-corrected chi connectivity index (χ1v) is 12.3. The molecule has 2 amide bonds. The Balaban J connectivity index is 1.44. The summed E-state index contributed by atoms with van der Waals surface area (Å²) in [6, 6.07) is 12.2. The minimum Gasteiger partial charge on any atom is -0.482 e. The van der Waals surface area contributed by atoms with Crippen LogP contribution in [0.5, 0.6) is 5.75 Å². The third-order valence-electron chi connectivity index (χ3n) is 5.20. The predicted octanol–water partition coefficient (Wildman–Crippen LogP) is 5.99. The van der Waals surface area contributed by atoms with Crippen molar-refractivity contribution in [2.75, 3.05) is 11.9 Å². The Morgan fingerprint density at radius 2 is 1.91 bits per heavy atom. The average Bonchev–Trinajstić information content (AvgIpc) is 3.16. The number of aryl methyl sites for hydroxylation is 1. The van der Waals surface area contributed by atoms with E-state index in [0.717, 1.165) is 15.6 Å². The molecule has 4 rings (SSSR count). The van der Waals surface area contributed by atoms with Crippen LogP contribution in [0.3, 0.4) is 0 Å². The number of fused-ring (bicyclic) bond motifs is 1. The highest BCUT2D eigenvalue weighted by atomic mass is 127. The van der Waals surface area contributed by atoms with Crippen LogP contribution in [0.2, 0.25) is 10.0 Å². The van der Waals surface area contributed by atoms with Gasteiger partial charge < -0.3 is 14.5 Å². The summed E-state index contributed by atoms with van der Waals surface area (Å²) < 4.78 is 12.4. The highest BCUT2D eigenvalue weighted by molar-refractivity contribution is 14.1. The summed E-state index contributed by atoms with van der Waals surface area (Å²) in [5.41, 5.74) is 5.31. The van der Waals surface area contributed by atoms with Crippen LogP contribution in [0.4, 0.5) is 5.69 Å². The molecular weight excluding hydrogens is 592 g/mol. The minimum absolute atomic E-state index is 0.241. The molecule has 34 heavy (non-hydrogen) atoms. The molecule has 176 valence electrons. The molecule has 0 spiro atoms. The Bertz CT molecular complexity index is 1270. The molecule has 0 saturated carbocycles. The SMILES string of the molecule is Cc1c(C(=O)Nc2ccc(I)cc2)oc2c1/C(=N/NC(=O)COc1ccc(Cl)cc1Cl)CCC2. The summed E-state index contributed by atoms with van der Waals surface area (Å²) in [5, 5.41) is 7.94. The van der Waals surface area contributed by atoms with Crippen molar-refractivity contribution in [1.29, 1.82) is 0 Å². The number of furan rings is 1. The molecule has 10 heteroatoms. The Kier molecular flexibility index (Phi) is 7.80. The van der Waals surface area contributed by atoms with Gasteiger partial charge in [-0.3, -0.25) is 9.59 Å². The smallest absolute Gasteiger partial charge is 0.291 e. The number of halogens is 3. The molecule has 0 aliphatic heterocycles. The Morgan fingerprint density at radius 3 is 2.65 bits per heavy atom. The fourth-order valence-electron chi connectivity index (χ4n) is 3.62. The second kappa shape index (κ2) is 10.8. The first kappa shape index (κ1) is 24.6. The third kappa shape index (κ3) is 5.73. The van der Waals surface area contributed by atoms with Crippen LogP contribution in [0, 0.1) is 10.5 Å². The molecule has 0 unspecified atom stereocenters. The topological polar surface area (TPSA) is 92.9 Å². The van der Waals surface area contributed by atoms with Gasteiger partial charge in [-0.2, -0.15) is 5.10 Å². The van der Waals surface area contributed by atoms with Crippen molar-refractivity contribution >= 4 is 69.0 Å². The average molecular weight is 612 g/mol. The lowest BCUT2D eigenvalue weighted by Crippen LogP contribution is -2.27. The van der Waals surface area contributed by atoms with Gasteiger partial charge in [-0.15, -0.1) is 0 Å². The lowest BCUT2D eigenvalue weighted by Gasteiger charge is -2.13. The number of carbonyl (C=O) groups is 2. The van der Waals surface area contributed by atoms with E-state index in [1.165, 1.54) is 6.07 Å². The Hall–Kier alpha value is -2.56. The number of rotatable bonds is 6. The van der Waals surface area contributed by atoms with Gasteiger partial charge in [-0.25, -0.2) is 5.43 Å². The van der Waals surface area contributed by atoms with Crippen molar-refractivity contribution in [3.05, 3.63) is 78.7 Å². The molecule has 1 aliphatic carbocycles. The molecular formula is C24H20Cl2IN3O4. The zero-order valence-corrected chi connectivity index (χ0v) is 21.8. The van der Waals surface area contributed by atoms with E-state index in [2.05, 4.69) is 38.4 Å². The standard InChI is InChI=1S/C24H20Cl2IN3O4/c1-13-22-18(29-30-21(31)12-33-19-10-5-14(25)11-17(19)26)3-2-4-20(22)34-23(13)24(32)28-16-8-6-15(27)7-9-16/h5-11H,2-4,12H2,1H3,(H,28,32)(H,30,31)/b29-18+. The van der Waals surface area contributed by atoms with Crippen molar-refractivity contribution in [3.63, 3.8) is 0 Å². The zero-order valence-electron chi connectivity index (χ0n) is 18.1. The molecule has 0 fully saturated rings. The van der Waals surface area contributed by atoms with Gasteiger partial charge >= 0.3 is 0 Å². The minimum atomic E-state index is -0.441. The van der Waals surface area contributed by atoms with E-state index < -0.39 is 5.91 Å². The number of benzene rings is 2. The Labute approximate surface area is 220 Å². The molecule has 2 aromatic carbocycles. The van der Waals surface area contributed by atoms with Crippen LogP contribution in [0.1, 0.15) is 40.3 Å². The lowest BCUT2D eigenvalue weighted by molar-refractivity contribution is -0.123. The second-order valence-corrected chi connectivity index (χ2v) is 9.72. The third-order valence-corrected chi connectivity index (χ3v) is 6.45. The van der Waals surface area contributed by atoms with Gasteiger partial charge in [0.15, 0.2) is 12.4 Å². The molecule has 0 saturated heterocycles. The highest BCUT2D eigenvalue weighted by Crippen LogP contribution is 2.30. The van der Waals surface area contributed by atoms with Gasteiger partial charge in [0, 0.05) is 31.8 Å². The van der Waals surface area contributed by atoms with Crippen molar-refractivity contribution in [1.82, 2.24) is 5.43 Å². The summed E-state index contributed by atoms with van der Waals surface area (Å²) in [7, 11) is 0. The highest BCUT2D eigenvalue weighted by Gasteiger charge is 2.28. The van der Waals surface area contributed by atoms with E-state index in [0.29, 0.717) is 51.4 Å². The first-order valence-electron chi connectivity index (χ1n) is 10.4. The van der Waals surface area contributed by atoms with Gasteiger partial charge in [0.2, 0.25) is 0 Å².